The van der Waals surface area contributed by atoms with E-state index in [4.69, 9.17) is 0 Å². The summed E-state index contributed by atoms with van der Waals surface area (Å²) in [6.07, 6.45) is -5.13. The number of halogens is 3. The normalized spacial score (nSPS) is 13.3. The van der Waals surface area contributed by atoms with Crippen molar-refractivity contribution in [2.45, 2.75) is 32.5 Å². The lowest BCUT2D eigenvalue weighted by Gasteiger charge is -2.27. The molecule has 0 saturated carbocycles. The van der Waals surface area contributed by atoms with Gasteiger partial charge in [0.2, 0.25) is 5.91 Å². The number of aliphatic hydroxyl groups is 1. The van der Waals surface area contributed by atoms with E-state index in [1.54, 1.807) is 13.8 Å². The number of alkyl halides is 3. The van der Waals surface area contributed by atoms with Gasteiger partial charge in [0, 0.05) is 11.1 Å². The first-order valence-corrected chi connectivity index (χ1v) is 9.22. The van der Waals surface area contributed by atoms with Gasteiger partial charge in [-0.25, -0.2) is 0 Å². The molecular formula is C23H22F3NO2. The first kappa shape index (κ1) is 20.9. The number of hydrogen-bond donors (Lipinski definition) is 2. The van der Waals surface area contributed by atoms with Crippen molar-refractivity contribution < 1.29 is 23.1 Å². The zero-order chi connectivity index (χ0) is 21.2. The van der Waals surface area contributed by atoms with Crippen LogP contribution in [0.5, 0.6) is 0 Å². The van der Waals surface area contributed by atoms with E-state index in [1.165, 1.54) is 12.1 Å². The largest absolute Gasteiger partial charge is 0.416 e. The first-order valence-electron chi connectivity index (χ1n) is 9.22. The summed E-state index contributed by atoms with van der Waals surface area (Å²) < 4.78 is 38.0. The van der Waals surface area contributed by atoms with Crippen molar-refractivity contribution in [2.75, 3.05) is 5.32 Å². The van der Waals surface area contributed by atoms with E-state index in [9.17, 15) is 23.1 Å². The second kappa shape index (κ2) is 7.87. The maximum atomic E-state index is 12.7. The van der Waals surface area contributed by atoms with Crippen molar-refractivity contribution in [2.24, 2.45) is 5.41 Å². The second-order valence-electron chi connectivity index (χ2n) is 7.70. The van der Waals surface area contributed by atoms with Crippen LogP contribution in [0.2, 0.25) is 0 Å². The molecule has 3 aromatic carbocycles. The highest BCUT2D eigenvalue weighted by molar-refractivity contribution is 5.95. The van der Waals surface area contributed by atoms with E-state index in [0.717, 1.165) is 28.5 Å². The Hall–Kier alpha value is -2.86. The summed E-state index contributed by atoms with van der Waals surface area (Å²) in [7, 11) is 0. The molecule has 1 atom stereocenters. The van der Waals surface area contributed by atoms with E-state index >= 15 is 0 Å². The molecule has 29 heavy (non-hydrogen) atoms. The van der Waals surface area contributed by atoms with E-state index in [2.05, 4.69) is 5.32 Å². The molecule has 0 aliphatic rings. The van der Waals surface area contributed by atoms with Gasteiger partial charge in [-0.1, -0.05) is 56.3 Å². The first-order chi connectivity index (χ1) is 13.6. The SMILES string of the molecule is CC(C)(CC(O)c1cccc2ccccc12)C(=O)Nc1ccc(C(F)(F)F)cc1. The number of aliphatic hydroxyl groups excluding tert-OH is 1. The fourth-order valence-corrected chi connectivity index (χ4v) is 3.27. The number of hydrogen-bond acceptors (Lipinski definition) is 2. The highest BCUT2D eigenvalue weighted by Crippen LogP contribution is 2.35. The van der Waals surface area contributed by atoms with Gasteiger partial charge in [0.05, 0.1) is 11.7 Å². The van der Waals surface area contributed by atoms with E-state index < -0.39 is 23.3 Å². The van der Waals surface area contributed by atoms with Crippen molar-refractivity contribution in [1.29, 1.82) is 0 Å². The molecule has 1 unspecified atom stereocenters. The average Bonchev–Trinajstić information content (AvgIpc) is 2.67. The number of carbonyl (C=O) groups excluding carboxylic acids is 1. The van der Waals surface area contributed by atoms with Crippen LogP contribution in [-0.2, 0) is 11.0 Å². The number of rotatable bonds is 5. The summed E-state index contributed by atoms with van der Waals surface area (Å²) in [6, 6.07) is 17.6. The quantitative estimate of drug-likeness (QED) is 0.555. The fraction of sp³-hybridized carbons (Fsp3) is 0.261. The molecule has 0 aliphatic heterocycles. The summed E-state index contributed by atoms with van der Waals surface area (Å²) in [6.45, 7) is 3.39. The second-order valence-corrected chi connectivity index (χ2v) is 7.70. The van der Waals surface area contributed by atoms with Gasteiger partial charge in [-0.15, -0.1) is 0 Å². The van der Waals surface area contributed by atoms with Crippen LogP contribution < -0.4 is 5.32 Å². The molecular weight excluding hydrogens is 379 g/mol. The maximum Gasteiger partial charge on any atom is 0.416 e. The van der Waals surface area contributed by atoms with Gasteiger partial charge in [0.1, 0.15) is 0 Å². The predicted octanol–water partition coefficient (Wildman–Crippen LogP) is 5.95. The van der Waals surface area contributed by atoms with Crippen molar-refractivity contribution >= 4 is 22.4 Å². The van der Waals surface area contributed by atoms with Crippen LogP contribution in [0.3, 0.4) is 0 Å². The topological polar surface area (TPSA) is 49.3 Å². The van der Waals surface area contributed by atoms with Gasteiger partial charge in [0.25, 0.3) is 0 Å². The Bertz CT molecular complexity index is 1010. The molecule has 0 saturated heterocycles. The van der Waals surface area contributed by atoms with E-state index in [0.29, 0.717) is 0 Å². The molecule has 3 nitrogen and oxygen atoms in total. The zero-order valence-electron chi connectivity index (χ0n) is 16.1. The van der Waals surface area contributed by atoms with Gasteiger partial charge < -0.3 is 10.4 Å². The number of nitrogens with one attached hydrogen (secondary N) is 1. The molecule has 0 spiro atoms. The number of benzene rings is 3. The van der Waals surface area contributed by atoms with Crippen molar-refractivity contribution in [3.63, 3.8) is 0 Å². The maximum absolute atomic E-state index is 12.7. The molecule has 0 heterocycles. The number of amides is 1. The molecule has 0 aliphatic carbocycles. The molecule has 6 heteroatoms. The standard InChI is InChI=1S/C23H22F3NO2/c1-22(2,21(29)27-17-12-10-16(11-13-17)23(24,25)26)14-20(28)19-9-5-7-15-6-3-4-8-18(15)19/h3-13,20,28H,14H2,1-2H3,(H,27,29). The monoisotopic (exact) mass is 401 g/mol. The molecule has 1 amide bonds. The Morgan fingerprint density at radius 3 is 2.24 bits per heavy atom. The van der Waals surface area contributed by atoms with Gasteiger partial charge in [-0.3, -0.25) is 4.79 Å². The third-order valence-corrected chi connectivity index (χ3v) is 4.97. The molecule has 152 valence electrons. The van der Waals surface area contributed by atoms with Gasteiger partial charge in [0.15, 0.2) is 0 Å². The Labute approximate surface area is 167 Å². The Kier molecular flexibility index (Phi) is 5.66. The van der Waals surface area contributed by atoms with Crippen molar-refractivity contribution in [1.82, 2.24) is 0 Å². The predicted molar refractivity (Wildman–Crippen MR) is 107 cm³/mol. The van der Waals surface area contributed by atoms with Crippen LogP contribution in [0.15, 0.2) is 66.7 Å². The summed E-state index contributed by atoms with van der Waals surface area (Å²) in [5, 5.41) is 15.3. The van der Waals surface area contributed by atoms with Gasteiger partial charge in [-0.05, 0) is 47.0 Å². The Morgan fingerprint density at radius 1 is 0.966 bits per heavy atom. The molecule has 0 aromatic heterocycles. The third-order valence-electron chi connectivity index (χ3n) is 4.97. The lowest BCUT2D eigenvalue weighted by molar-refractivity contribution is -0.137. The summed E-state index contributed by atoms with van der Waals surface area (Å²) in [5.41, 5.74) is -0.714. The minimum atomic E-state index is -4.43. The van der Waals surface area contributed by atoms with Crippen LogP contribution >= 0.6 is 0 Å². The van der Waals surface area contributed by atoms with Crippen LogP contribution in [0.1, 0.15) is 37.5 Å². The number of anilines is 1. The van der Waals surface area contributed by atoms with Gasteiger partial charge in [-0.2, -0.15) is 13.2 Å². The summed E-state index contributed by atoms with van der Waals surface area (Å²) >= 11 is 0. The van der Waals surface area contributed by atoms with Crippen LogP contribution in [0.25, 0.3) is 10.8 Å². The van der Waals surface area contributed by atoms with Crippen LogP contribution in [-0.4, -0.2) is 11.0 Å². The van der Waals surface area contributed by atoms with Crippen LogP contribution in [0, 0.1) is 5.41 Å². The highest BCUT2D eigenvalue weighted by atomic mass is 19.4. The number of carbonyl (C=O) groups is 1. The molecule has 3 rings (SSSR count). The average molecular weight is 401 g/mol. The minimum Gasteiger partial charge on any atom is -0.388 e. The fourth-order valence-electron chi connectivity index (χ4n) is 3.27. The molecule has 0 radical (unpaired) electrons. The minimum absolute atomic E-state index is 0.160. The van der Waals surface area contributed by atoms with Crippen molar-refractivity contribution in [3.8, 4) is 0 Å². The van der Waals surface area contributed by atoms with Crippen LogP contribution in [0.4, 0.5) is 18.9 Å². The zero-order valence-corrected chi connectivity index (χ0v) is 16.1. The smallest absolute Gasteiger partial charge is 0.388 e. The van der Waals surface area contributed by atoms with E-state index in [1.807, 2.05) is 42.5 Å². The highest BCUT2D eigenvalue weighted by Gasteiger charge is 2.32. The molecule has 0 fully saturated rings. The summed E-state index contributed by atoms with van der Waals surface area (Å²) in [5.74, 6) is -0.378. The molecule has 2 N–H and O–H groups in total. The molecule has 3 aromatic rings. The third kappa shape index (κ3) is 4.77. The number of fused-ring (bicyclic) bond motifs is 1. The Morgan fingerprint density at radius 2 is 1.59 bits per heavy atom. The van der Waals surface area contributed by atoms with Crippen molar-refractivity contribution in [3.05, 3.63) is 77.9 Å². The summed E-state index contributed by atoms with van der Waals surface area (Å²) in [4.78, 5) is 12.7. The lowest BCUT2D eigenvalue weighted by atomic mass is 9.83. The Balaban J connectivity index is 1.73. The lowest BCUT2D eigenvalue weighted by Crippen LogP contribution is -2.32. The molecule has 0 bridgehead atoms. The van der Waals surface area contributed by atoms with E-state index in [-0.39, 0.29) is 18.0 Å². The van der Waals surface area contributed by atoms with Gasteiger partial charge >= 0.3 is 6.18 Å².